The number of para-hydroxylation sites is 1. The van der Waals surface area contributed by atoms with Crippen molar-refractivity contribution in [3.63, 3.8) is 0 Å². The number of hydrogen-bond donors (Lipinski definition) is 1. The molecule has 0 spiro atoms. The van der Waals surface area contributed by atoms with Crippen LogP contribution in [-0.4, -0.2) is 29.5 Å². The number of rotatable bonds is 2. The topological polar surface area (TPSA) is 58.1 Å². The van der Waals surface area contributed by atoms with Gasteiger partial charge < -0.3 is 10.2 Å². The number of nitrogens with zero attached hydrogens (tertiary/aromatic N) is 3. The lowest BCUT2D eigenvalue weighted by Crippen LogP contribution is -2.30. The Kier molecular flexibility index (Phi) is 3.33. The molecular weight excluding hydrogens is 264 g/mol. The molecule has 0 bridgehead atoms. The maximum Gasteiger partial charge on any atom is 0.277 e. The van der Waals surface area contributed by atoms with E-state index in [9.17, 15) is 4.79 Å². The van der Waals surface area contributed by atoms with E-state index >= 15 is 0 Å². The second-order valence-electron chi connectivity index (χ2n) is 5.26. The van der Waals surface area contributed by atoms with Gasteiger partial charge in [-0.15, -0.1) is 0 Å². The second kappa shape index (κ2) is 5.16. The maximum absolute atomic E-state index is 12.8. The van der Waals surface area contributed by atoms with Gasteiger partial charge in [-0.3, -0.25) is 4.79 Å². The molecule has 3 rings (SSSR count). The Bertz CT molecular complexity index is 711. The Morgan fingerprint density at radius 1 is 1.29 bits per heavy atom. The number of fused-ring (bicyclic) bond motifs is 1. The minimum Gasteiger partial charge on any atom is -0.357 e. The summed E-state index contributed by atoms with van der Waals surface area (Å²) in [6, 6.07) is 7.89. The molecule has 108 valence electrons. The third-order valence-corrected chi connectivity index (χ3v) is 3.74. The first-order chi connectivity index (χ1) is 10.1. The average molecular weight is 282 g/mol. The fraction of sp³-hybridized carbons (Fsp3) is 0.312. The molecule has 2 aromatic rings. The lowest BCUT2D eigenvalue weighted by atomic mass is 10.1. The molecule has 0 saturated heterocycles. The van der Waals surface area contributed by atoms with E-state index in [4.69, 9.17) is 0 Å². The molecule has 0 aliphatic carbocycles. The molecular formula is C16H18N4O. The monoisotopic (exact) mass is 282 g/mol. The van der Waals surface area contributed by atoms with Crippen LogP contribution in [0.5, 0.6) is 0 Å². The van der Waals surface area contributed by atoms with Gasteiger partial charge in [0.15, 0.2) is 0 Å². The van der Waals surface area contributed by atoms with Crippen LogP contribution in [0.1, 0.15) is 27.3 Å². The van der Waals surface area contributed by atoms with Crippen LogP contribution in [0.2, 0.25) is 0 Å². The number of amides is 1. The van der Waals surface area contributed by atoms with Gasteiger partial charge in [0.25, 0.3) is 5.91 Å². The van der Waals surface area contributed by atoms with Crippen molar-refractivity contribution in [1.82, 2.24) is 9.97 Å². The van der Waals surface area contributed by atoms with E-state index in [1.807, 2.05) is 30.9 Å². The maximum atomic E-state index is 12.8. The second-order valence-corrected chi connectivity index (χ2v) is 5.26. The molecule has 1 N–H and O–H groups in total. The van der Waals surface area contributed by atoms with Crippen molar-refractivity contribution in [3.05, 3.63) is 46.8 Å². The first kappa shape index (κ1) is 13.5. The first-order valence-electron chi connectivity index (χ1n) is 7.04. The predicted molar refractivity (Wildman–Crippen MR) is 82.9 cm³/mol. The van der Waals surface area contributed by atoms with E-state index in [2.05, 4.69) is 21.4 Å². The van der Waals surface area contributed by atoms with E-state index in [-0.39, 0.29) is 5.91 Å². The van der Waals surface area contributed by atoms with E-state index < -0.39 is 0 Å². The van der Waals surface area contributed by atoms with Gasteiger partial charge in [0.2, 0.25) is 5.95 Å². The molecule has 1 amide bonds. The molecule has 1 aromatic carbocycles. The van der Waals surface area contributed by atoms with Gasteiger partial charge in [-0.1, -0.05) is 18.2 Å². The summed E-state index contributed by atoms with van der Waals surface area (Å²) in [5.74, 6) is 0.410. The van der Waals surface area contributed by atoms with Gasteiger partial charge in [0.05, 0.1) is 5.69 Å². The van der Waals surface area contributed by atoms with Crippen LogP contribution in [-0.2, 0) is 6.42 Å². The summed E-state index contributed by atoms with van der Waals surface area (Å²) in [7, 11) is 1.75. The summed E-state index contributed by atoms with van der Waals surface area (Å²) in [5, 5.41) is 2.89. The van der Waals surface area contributed by atoms with Crippen molar-refractivity contribution < 1.29 is 4.79 Å². The number of aromatic nitrogens is 2. The Hall–Kier alpha value is -2.43. The zero-order chi connectivity index (χ0) is 15.0. The standard InChI is InChI=1S/C16H18N4O/c1-10-5-4-6-12-7-8-20(14(10)12)15(21)13-9-11(2)18-16(17-3)19-13/h4-6,9H,7-8H2,1-3H3,(H,17,18,19). The molecule has 1 aliphatic rings. The molecule has 0 fully saturated rings. The van der Waals surface area contributed by atoms with Crippen LogP contribution < -0.4 is 10.2 Å². The average Bonchev–Trinajstić information content (AvgIpc) is 2.91. The first-order valence-corrected chi connectivity index (χ1v) is 7.04. The number of hydrogen-bond acceptors (Lipinski definition) is 4. The van der Waals surface area contributed by atoms with Gasteiger partial charge in [-0.25, -0.2) is 9.97 Å². The minimum atomic E-state index is -0.0648. The van der Waals surface area contributed by atoms with Crippen LogP contribution >= 0.6 is 0 Å². The Labute approximate surface area is 124 Å². The normalized spacial score (nSPS) is 13.2. The van der Waals surface area contributed by atoms with Crippen molar-refractivity contribution in [2.24, 2.45) is 0 Å². The molecule has 1 aliphatic heterocycles. The number of carbonyl (C=O) groups is 1. The molecule has 0 radical (unpaired) electrons. The summed E-state index contributed by atoms with van der Waals surface area (Å²) < 4.78 is 0. The molecule has 0 unspecified atom stereocenters. The minimum absolute atomic E-state index is 0.0648. The van der Waals surface area contributed by atoms with Crippen molar-refractivity contribution in [2.45, 2.75) is 20.3 Å². The van der Waals surface area contributed by atoms with Crippen molar-refractivity contribution in [2.75, 3.05) is 23.8 Å². The molecule has 5 heteroatoms. The SMILES string of the molecule is CNc1nc(C)cc(C(=O)N2CCc3cccc(C)c32)n1. The van der Waals surface area contributed by atoms with Crippen LogP contribution in [0.25, 0.3) is 0 Å². The van der Waals surface area contributed by atoms with Gasteiger partial charge in [0, 0.05) is 19.3 Å². The smallest absolute Gasteiger partial charge is 0.277 e. The quantitative estimate of drug-likeness (QED) is 0.918. The predicted octanol–water partition coefficient (Wildman–Crippen LogP) is 2.34. The van der Waals surface area contributed by atoms with E-state index in [1.165, 1.54) is 5.56 Å². The summed E-state index contributed by atoms with van der Waals surface area (Å²) in [5.41, 5.74) is 4.59. The fourth-order valence-electron chi connectivity index (χ4n) is 2.78. The number of nitrogens with one attached hydrogen (secondary N) is 1. The number of benzene rings is 1. The fourth-order valence-corrected chi connectivity index (χ4v) is 2.78. The zero-order valence-corrected chi connectivity index (χ0v) is 12.5. The van der Waals surface area contributed by atoms with Gasteiger partial charge in [-0.2, -0.15) is 0 Å². The Balaban J connectivity index is 2.00. The van der Waals surface area contributed by atoms with Gasteiger partial charge >= 0.3 is 0 Å². The Morgan fingerprint density at radius 3 is 2.86 bits per heavy atom. The summed E-state index contributed by atoms with van der Waals surface area (Å²) in [6.45, 7) is 4.61. The number of carbonyl (C=O) groups excluding carboxylic acids is 1. The van der Waals surface area contributed by atoms with E-state index in [0.717, 1.165) is 23.4 Å². The van der Waals surface area contributed by atoms with Crippen molar-refractivity contribution >= 4 is 17.5 Å². The molecule has 0 saturated carbocycles. The third-order valence-electron chi connectivity index (χ3n) is 3.74. The van der Waals surface area contributed by atoms with Crippen molar-refractivity contribution in [3.8, 4) is 0 Å². The summed E-state index contributed by atoms with van der Waals surface area (Å²) in [4.78, 5) is 23.1. The lowest BCUT2D eigenvalue weighted by molar-refractivity contribution is 0.0984. The van der Waals surface area contributed by atoms with E-state index in [1.54, 1.807) is 13.1 Å². The number of anilines is 2. The number of aryl methyl sites for hydroxylation is 2. The molecule has 2 heterocycles. The van der Waals surface area contributed by atoms with Gasteiger partial charge in [-0.05, 0) is 37.5 Å². The van der Waals surface area contributed by atoms with Crippen LogP contribution in [0.4, 0.5) is 11.6 Å². The molecule has 21 heavy (non-hydrogen) atoms. The largest absolute Gasteiger partial charge is 0.357 e. The van der Waals surface area contributed by atoms with E-state index in [0.29, 0.717) is 18.2 Å². The highest BCUT2D eigenvalue weighted by Crippen LogP contribution is 2.32. The Morgan fingerprint density at radius 2 is 2.10 bits per heavy atom. The molecule has 0 atom stereocenters. The van der Waals surface area contributed by atoms with Crippen molar-refractivity contribution in [1.29, 1.82) is 0 Å². The molecule has 5 nitrogen and oxygen atoms in total. The van der Waals surface area contributed by atoms with Gasteiger partial charge in [0.1, 0.15) is 5.69 Å². The van der Waals surface area contributed by atoms with Crippen LogP contribution in [0.3, 0.4) is 0 Å². The highest BCUT2D eigenvalue weighted by atomic mass is 16.2. The highest BCUT2D eigenvalue weighted by Gasteiger charge is 2.28. The van der Waals surface area contributed by atoms with Crippen LogP contribution in [0, 0.1) is 13.8 Å². The molecule has 1 aromatic heterocycles. The third kappa shape index (κ3) is 2.35. The lowest BCUT2D eigenvalue weighted by Gasteiger charge is -2.19. The zero-order valence-electron chi connectivity index (χ0n) is 12.5. The summed E-state index contributed by atoms with van der Waals surface area (Å²) >= 11 is 0. The highest BCUT2D eigenvalue weighted by molar-refractivity contribution is 6.06. The summed E-state index contributed by atoms with van der Waals surface area (Å²) in [6.07, 6.45) is 0.895. The van der Waals surface area contributed by atoms with Crippen LogP contribution in [0.15, 0.2) is 24.3 Å².